The molecule has 2 rings (SSSR count). The Labute approximate surface area is 150 Å². The van der Waals surface area contributed by atoms with Crippen LogP contribution in [0, 0.1) is 0 Å². The molecular weight excluding hydrogens is 353 g/mol. The highest BCUT2D eigenvalue weighted by atomic mass is 35.5. The smallest absolute Gasteiger partial charge is 0.251 e. The van der Waals surface area contributed by atoms with Crippen molar-refractivity contribution < 1.29 is 9.53 Å². The summed E-state index contributed by atoms with van der Waals surface area (Å²) in [6.45, 7) is 0.572. The van der Waals surface area contributed by atoms with Gasteiger partial charge in [-0.05, 0) is 35.9 Å². The van der Waals surface area contributed by atoms with Crippen LogP contribution in [0.15, 0.2) is 42.5 Å². The molecule has 6 heteroatoms. The second-order valence-electron chi connectivity index (χ2n) is 4.74. The molecule has 0 atom stereocenters. The molecule has 0 aliphatic carbocycles. The fraction of sp³-hybridized carbons (Fsp3) is 0.235. The molecule has 0 aliphatic heterocycles. The maximum Gasteiger partial charge on any atom is 0.251 e. The Balaban J connectivity index is 1.76. The summed E-state index contributed by atoms with van der Waals surface area (Å²) in [5, 5.41) is 4.23. The SMILES string of the molecule is COc1cccc(C(=O)NCCSCc2c(Cl)cccc2Cl)c1. The average molecular weight is 370 g/mol. The van der Waals surface area contributed by atoms with Crippen molar-refractivity contribution in [1.29, 1.82) is 0 Å². The van der Waals surface area contributed by atoms with Crippen LogP contribution in [-0.2, 0) is 5.75 Å². The highest BCUT2D eigenvalue weighted by Crippen LogP contribution is 2.27. The first-order valence-electron chi connectivity index (χ1n) is 7.04. The van der Waals surface area contributed by atoms with Crippen LogP contribution in [-0.4, -0.2) is 25.3 Å². The Morgan fingerprint density at radius 1 is 1.17 bits per heavy atom. The summed E-state index contributed by atoms with van der Waals surface area (Å²) >= 11 is 13.9. The molecule has 0 heterocycles. The fourth-order valence-electron chi connectivity index (χ4n) is 1.95. The Bertz CT molecular complexity index is 659. The van der Waals surface area contributed by atoms with Gasteiger partial charge in [0.25, 0.3) is 5.91 Å². The summed E-state index contributed by atoms with van der Waals surface area (Å²) in [6.07, 6.45) is 0. The van der Waals surface area contributed by atoms with E-state index in [1.54, 1.807) is 43.1 Å². The van der Waals surface area contributed by atoms with Crippen molar-refractivity contribution in [2.24, 2.45) is 0 Å². The molecule has 2 aromatic rings. The minimum Gasteiger partial charge on any atom is -0.497 e. The fourth-order valence-corrected chi connectivity index (χ4v) is 3.54. The van der Waals surface area contributed by atoms with Gasteiger partial charge >= 0.3 is 0 Å². The van der Waals surface area contributed by atoms with Crippen molar-refractivity contribution in [2.45, 2.75) is 5.75 Å². The van der Waals surface area contributed by atoms with Crippen LogP contribution in [0.3, 0.4) is 0 Å². The Morgan fingerprint density at radius 2 is 1.87 bits per heavy atom. The first-order valence-corrected chi connectivity index (χ1v) is 8.95. The third-order valence-corrected chi connectivity index (χ3v) is 4.87. The zero-order valence-corrected chi connectivity index (χ0v) is 15.0. The van der Waals surface area contributed by atoms with E-state index in [0.717, 1.165) is 11.3 Å². The number of amides is 1. The lowest BCUT2D eigenvalue weighted by Gasteiger charge is -2.08. The van der Waals surface area contributed by atoms with Gasteiger partial charge in [-0.25, -0.2) is 0 Å². The summed E-state index contributed by atoms with van der Waals surface area (Å²) in [6, 6.07) is 12.6. The van der Waals surface area contributed by atoms with Crippen molar-refractivity contribution in [3.05, 3.63) is 63.6 Å². The summed E-state index contributed by atoms with van der Waals surface area (Å²) in [7, 11) is 1.58. The van der Waals surface area contributed by atoms with Gasteiger partial charge in [-0.15, -0.1) is 0 Å². The standard InChI is InChI=1S/C17H17Cl2NO2S/c1-22-13-5-2-4-12(10-13)17(21)20-8-9-23-11-14-15(18)6-3-7-16(14)19/h2-7,10H,8-9,11H2,1H3,(H,20,21). The number of nitrogens with one attached hydrogen (secondary N) is 1. The number of benzene rings is 2. The lowest BCUT2D eigenvalue weighted by molar-refractivity contribution is 0.0956. The predicted octanol–water partition coefficient (Wildman–Crippen LogP) is 4.67. The molecule has 0 unspecified atom stereocenters. The molecule has 1 amide bonds. The molecule has 23 heavy (non-hydrogen) atoms. The molecule has 0 fully saturated rings. The van der Waals surface area contributed by atoms with E-state index in [0.29, 0.717) is 33.7 Å². The minimum absolute atomic E-state index is 0.111. The second-order valence-corrected chi connectivity index (χ2v) is 6.66. The summed E-state index contributed by atoms with van der Waals surface area (Å²) in [5.74, 6) is 2.05. The van der Waals surface area contributed by atoms with E-state index in [9.17, 15) is 4.79 Å². The maximum absolute atomic E-state index is 12.0. The number of ether oxygens (including phenoxy) is 1. The van der Waals surface area contributed by atoms with E-state index < -0.39 is 0 Å². The van der Waals surface area contributed by atoms with Crippen LogP contribution in [0.5, 0.6) is 5.75 Å². The Hall–Kier alpha value is -1.36. The molecule has 0 radical (unpaired) electrons. The normalized spacial score (nSPS) is 10.4. The van der Waals surface area contributed by atoms with E-state index in [4.69, 9.17) is 27.9 Å². The monoisotopic (exact) mass is 369 g/mol. The molecular formula is C17H17Cl2NO2S. The number of carbonyl (C=O) groups is 1. The third kappa shape index (κ3) is 5.34. The minimum atomic E-state index is -0.111. The van der Waals surface area contributed by atoms with Crippen LogP contribution in [0.4, 0.5) is 0 Å². The second kappa shape index (κ2) is 9.06. The quantitative estimate of drug-likeness (QED) is 0.720. The van der Waals surface area contributed by atoms with Crippen molar-refractivity contribution in [1.82, 2.24) is 5.32 Å². The topological polar surface area (TPSA) is 38.3 Å². The zero-order chi connectivity index (χ0) is 16.7. The van der Waals surface area contributed by atoms with Gasteiger partial charge in [0.1, 0.15) is 5.75 Å². The van der Waals surface area contributed by atoms with E-state index in [-0.39, 0.29) is 5.91 Å². The van der Waals surface area contributed by atoms with E-state index in [1.165, 1.54) is 0 Å². The van der Waals surface area contributed by atoms with Gasteiger partial charge in [-0.1, -0.05) is 35.3 Å². The molecule has 0 spiro atoms. The lowest BCUT2D eigenvalue weighted by Crippen LogP contribution is -2.25. The Morgan fingerprint density at radius 3 is 2.57 bits per heavy atom. The number of rotatable bonds is 7. The number of hydrogen-bond acceptors (Lipinski definition) is 3. The van der Waals surface area contributed by atoms with Gasteiger partial charge in [0, 0.05) is 33.7 Å². The lowest BCUT2D eigenvalue weighted by atomic mass is 10.2. The van der Waals surface area contributed by atoms with E-state index in [2.05, 4.69) is 5.32 Å². The zero-order valence-electron chi connectivity index (χ0n) is 12.6. The molecule has 0 aliphatic rings. The van der Waals surface area contributed by atoms with Crippen LogP contribution in [0.2, 0.25) is 10.0 Å². The van der Waals surface area contributed by atoms with Crippen molar-refractivity contribution >= 4 is 40.9 Å². The van der Waals surface area contributed by atoms with Gasteiger partial charge in [0.05, 0.1) is 7.11 Å². The predicted molar refractivity (Wildman–Crippen MR) is 98.0 cm³/mol. The highest BCUT2D eigenvalue weighted by molar-refractivity contribution is 7.98. The maximum atomic E-state index is 12.0. The number of methoxy groups -OCH3 is 1. The van der Waals surface area contributed by atoms with Crippen molar-refractivity contribution in [3.8, 4) is 5.75 Å². The number of thioether (sulfide) groups is 1. The van der Waals surface area contributed by atoms with Crippen LogP contribution >= 0.6 is 35.0 Å². The molecule has 122 valence electrons. The molecule has 0 saturated carbocycles. The van der Waals surface area contributed by atoms with Gasteiger partial charge < -0.3 is 10.1 Å². The third-order valence-electron chi connectivity index (χ3n) is 3.17. The molecule has 3 nitrogen and oxygen atoms in total. The van der Waals surface area contributed by atoms with Gasteiger partial charge in [0.15, 0.2) is 0 Å². The summed E-state index contributed by atoms with van der Waals surface area (Å²) in [4.78, 5) is 12.0. The highest BCUT2D eigenvalue weighted by Gasteiger charge is 2.07. The molecule has 0 saturated heterocycles. The van der Waals surface area contributed by atoms with Crippen molar-refractivity contribution in [2.75, 3.05) is 19.4 Å². The van der Waals surface area contributed by atoms with Crippen molar-refractivity contribution in [3.63, 3.8) is 0 Å². The van der Waals surface area contributed by atoms with E-state index in [1.807, 2.05) is 18.2 Å². The molecule has 0 aromatic heterocycles. The summed E-state index contributed by atoms with van der Waals surface area (Å²) < 4.78 is 5.11. The number of carbonyl (C=O) groups excluding carboxylic acids is 1. The Kier molecular flexibility index (Phi) is 7.09. The van der Waals surface area contributed by atoms with E-state index >= 15 is 0 Å². The first-order chi connectivity index (χ1) is 11.1. The van der Waals surface area contributed by atoms with Crippen LogP contribution in [0.1, 0.15) is 15.9 Å². The number of halogens is 2. The summed E-state index contributed by atoms with van der Waals surface area (Å²) in [5.41, 5.74) is 1.52. The number of hydrogen-bond donors (Lipinski definition) is 1. The molecule has 1 N–H and O–H groups in total. The molecule has 0 bridgehead atoms. The van der Waals surface area contributed by atoms with Gasteiger partial charge in [0.2, 0.25) is 0 Å². The largest absolute Gasteiger partial charge is 0.497 e. The first kappa shape index (κ1) is 18.0. The van der Waals surface area contributed by atoms with Crippen LogP contribution in [0.25, 0.3) is 0 Å². The van der Waals surface area contributed by atoms with Crippen LogP contribution < -0.4 is 10.1 Å². The van der Waals surface area contributed by atoms with Gasteiger partial charge in [-0.3, -0.25) is 4.79 Å². The average Bonchev–Trinajstić information content (AvgIpc) is 2.56. The molecule has 2 aromatic carbocycles. The van der Waals surface area contributed by atoms with Gasteiger partial charge in [-0.2, -0.15) is 11.8 Å².